The van der Waals surface area contributed by atoms with Crippen molar-refractivity contribution in [3.63, 3.8) is 0 Å². The van der Waals surface area contributed by atoms with Crippen LogP contribution in [-0.4, -0.2) is 26.1 Å². The topological polar surface area (TPSA) is 79.5 Å². The summed E-state index contributed by atoms with van der Waals surface area (Å²) in [4.78, 5) is 11.7. The Morgan fingerprint density at radius 3 is 3.00 bits per heavy atom. The second-order valence-corrected chi connectivity index (χ2v) is 5.81. The van der Waals surface area contributed by atoms with Crippen molar-refractivity contribution >= 4 is 22.1 Å². The quantitative estimate of drug-likeness (QED) is 0.593. The Balaban J connectivity index is 2.06. The van der Waals surface area contributed by atoms with Gasteiger partial charge in [0.25, 0.3) is 5.88 Å². The van der Waals surface area contributed by atoms with E-state index < -0.39 is 5.82 Å². The Labute approximate surface area is 148 Å². The van der Waals surface area contributed by atoms with Gasteiger partial charge in [0.15, 0.2) is 0 Å². The third-order valence-electron chi connectivity index (χ3n) is 4.27. The number of nitrogens with one attached hydrogen (secondary N) is 1. The number of halogens is 1. The summed E-state index contributed by atoms with van der Waals surface area (Å²) in [6.45, 7) is 2.09. The van der Waals surface area contributed by atoms with Crippen molar-refractivity contribution in [1.29, 1.82) is 5.26 Å². The third-order valence-corrected chi connectivity index (χ3v) is 4.27. The monoisotopic (exact) mass is 349 g/mol. The van der Waals surface area contributed by atoms with Crippen LogP contribution < -0.4 is 4.74 Å². The van der Waals surface area contributed by atoms with Gasteiger partial charge in [-0.05, 0) is 31.0 Å². The fourth-order valence-corrected chi connectivity index (χ4v) is 3.15. The Hall–Kier alpha value is -3.40. The van der Waals surface area contributed by atoms with E-state index in [-0.39, 0.29) is 5.88 Å². The molecule has 6 nitrogen and oxygen atoms in total. The number of aromatic amines is 1. The van der Waals surface area contributed by atoms with E-state index in [0.717, 1.165) is 16.6 Å². The number of imidazole rings is 1. The molecule has 1 N–H and O–H groups in total. The number of nitrogens with zero attached hydrogens (tertiary/aromatic N) is 4. The van der Waals surface area contributed by atoms with Gasteiger partial charge in [0.1, 0.15) is 12.0 Å². The predicted molar refractivity (Wildman–Crippen MR) is 95.8 cm³/mol. The van der Waals surface area contributed by atoms with E-state index >= 15 is 4.39 Å². The van der Waals surface area contributed by atoms with Gasteiger partial charge in [-0.3, -0.25) is 4.57 Å². The molecule has 0 radical (unpaired) electrons. The maximum Gasteiger partial charge on any atom is 0.254 e. The van der Waals surface area contributed by atoms with Crippen molar-refractivity contribution < 1.29 is 9.13 Å². The number of aromatic nitrogens is 4. The molecular formula is C19H16FN5O. The lowest BCUT2D eigenvalue weighted by Crippen LogP contribution is -2.05. The molecule has 3 heterocycles. The van der Waals surface area contributed by atoms with Crippen LogP contribution in [0.4, 0.5) is 4.39 Å². The molecule has 0 aliphatic heterocycles. The summed E-state index contributed by atoms with van der Waals surface area (Å²) in [5.41, 5.74) is 3.25. The fraction of sp³-hybridized carbons (Fsp3) is 0.211. The molecule has 130 valence electrons. The van der Waals surface area contributed by atoms with E-state index in [0.29, 0.717) is 36.2 Å². The average Bonchev–Trinajstić information content (AvgIpc) is 3.25. The summed E-state index contributed by atoms with van der Waals surface area (Å²) in [6.07, 6.45) is 4.21. The zero-order chi connectivity index (χ0) is 18.1. The molecule has 0 amide bonds. The van der Waals surface area contributed by atoms with Crippen LogP contribution in [0, 0.1) is 17.1 Å². The summed E-state index contributed by atoms with van der Waals surface area (Å²) in [7, 11) is 0. The van der Waals surface area contributed by atoms with Crippen molar-refractivity contribution in [3.05, 3.63) is 48.2 Å². The van der Waals surface area contributed by atoms with Crippen LogP contribution in [0.25, 0.3) is 27.8 Å². The van der Waals surface area contributed by atoms with Gasteiger partial charge in [0, 0.05) is 18.0 Å². The van der Waals surface area contributed by atoms with Crippen molar-refractivity contribution in [3.8, 4) is 17.6 Å². The number of benzene rings is 1. The summed E-state index contributed by atoms with van der Waals surface area (Å²) in [5.74, 6) is -0.596. The minimum atomic E-state index is -0.541. The molecule has 0 aliphatic rings. The minimum Gasteiger partial charge on any atom is -0.476 e. The van der Waals surface area contributed by atoms with E-state index in [1.165, 1.54) is 0 Å². The highest BCUT2D eigenvalue weighted by molar-refractivity contribution is 5.92. The number of hydrogen-bond donors (Lipinski definition) is 1. The second kappa shape index (κ2) is 6.48. The lowest BCUT2D eigenvalue weighted by molar-refractivity contribution is 0.308. The van der Waals surface area contributed by atoms with Crippen LogP contribution in [0.1, 0.15) is 18.9 Å². The van der Waals surface area contributed by atoms with Gasteiger partial charge < -0.3 is 9.72 Å². The molecule has 0 saturated carbocycles. The average molecular weight is 349 g/mol. The molecule has 3 aromatic heterocycles. The highest BCUT2D eigenvalue weighted by Crippen LogP contribution is 2.34. The number of nitriles is 1. The van der Waals surface area contributed by atoms with Crippen molar-refractivity contribution in [2.75, 3.05) is 6.61 Å². The zero-order valence-electron chi connectivity index (χ0n) is 14.2. The van der Waals surface area contributed by atoms with Crippen molar-refractivity contribution in [2.45, 2.75) is 19.8 Å². The molecule has 0 fully saturated rings. The first-order chi connectivity index (χ1) is 12.7. The van der Waals surface area contributed by atoms with Crippen LogP contribution >= 0.6 is 0 Å². The van der Waals surface area contributed by atoms with E-state index in [2.05, 4.69) is 21.0 Å². The van der Waals surface area contributed by atoms with Gasteiger partial charge in [0.2, 0.25) is 5.82 Å². The summed E-state index contributed by atoms with van der Waals surface area (Å²) < 4.78 is 22.4. The number of rotatable bonds is 5. The molecule has 0 spiro atoms. The van der Waals surface area contributed by atoms with E-state index in [1.807, 2.05) is 24.3 Å². The zero-order valence-corrected chi connectivity index (χ0v) is 14.2. The first-order valence-corrected chi connectivity index (χ1v) is 8.36. The molecule has 0 aliphatic carbocycles. The fourth-order valence-electron chi connectivity index (χ4n) is 3.15. The number of ether oxygens (including phenoxy) is 1. The first-order valence-electron chi connectivity index (χ1n) is 8.36. The van der Waals surface area contributed by atoms with E-state index in [4.69, 9.17) is 10.00 Å². The van der Waals surface area contributed by atoms with Gasteiger partial charge in [-0.2, -0.15) is 14.6 Å². The molecule has 26 heavy (non-hydrogen) atoms. The van der Waals surface area contributed by atoms with Gasteiger partial charge in [0.05, 0.1) is 29.4 Å². The predicted octanol–water partition coefficient (Wildman–Crippen LogP) is 3.90. The standard InChI is InChI=1S/C19H16FN5O/c1-2-26-19-16(20)17(25-11-23-13-7-3-4-8-14(13)25)15-12(6-5-9-21)10-22-18(15)24-19/h3-4,7-8,10-11H,2,5-6H2,1H3,(H,22,24). The van der Waals surface area contributed by atoms with Crippen LogP contribution in [0.5, 0.6) is 5.88 Å². The summed E-state index contributed by atoms with van der Waals surface area (Å²) in [5, 5.41) is 9.56. The molecule has 0 unspecified atom stereocenters. The van der Waals surface area contributed by atoms with Crippen LogP contribution in [0.3, 0.4) is 0 Å². The normalized spacial score (nSPS) is 11.1. The van der Waals surface area contributed by atoms with E-state index in [1.54, 1.807) is 24.0 Å². The largest absolute Gasteiger partial charge is 0.476 e. The number of fused-ring (bicyclic) bond motifs is 2. The van der Waals surface area contributed by atoms with Gasteiger partial charge in [-0.25, -0.2) is 4.98 Å². The highest BCUT2D eigenvalue weighted by atomic mass is 19.1. The number of para-hydroxylation sites is 2. The molecule has 1 aromatic carbocycles. The molecule has 4 rings (SSSR count). The van der Waals surface area contributed by atoms with Gasteiger partial charge in [-0.15, -0.1) is 0 Å². The van der Waals surface area contributed by atoms with Gasteiger partial charge in [-0.1, -0.05) is 12.1 Å². The Kier molecular flexibility index (Phi) is 4.01. The SMILES string of the molecule is CCOc1nc2[nH]cc(CCC#N)c2c(-n2cnc3ccccc32)c1F. The summed E-state index contributed by atoms with van der Waals surface area (Å²) >= 11 is 0. The molecule has 0 bridgehead atoms. The maximum atomic E-state index is 15.3. The van der Waals surface area contributed by atoms with Gasteiger partial charge >= 0.3 is 0 Å². The highest BCUT2D eigenvalue weighted by Gasteiger charge is 2.22. The Morgan fingerprint density at radius 2 is 2.19 bits per heavy atom. The lowest BCUT2D eigenvalue weighted by Gasteiger charge is -2.12. The smallest absolute Gasteiger partial charge is 0.254 e. The van der Waals surface area contributed by atoms with E-state index in [9.17, 15) is 0 Å². The van der Waals surface area contributed by atoms with Crippen LogP contribution in [-0.2, 0) is 6.42 Å². The Morgan fingerprint density at radius 1 is 1.35 bits per heavy atom. The number of aryl methyl sites for hydroxylation is 1. The lowest BCUT2D eigenvalue weighted by atomic mass is 10.1. The molecule has 4 aromatic rings. The van der Waals surface area contributed by atoms with Crippen LogP contribution in [0.2, 0.25) is 0 Å². The first kappa shape index (κ1) is 16.1. The molecule has 0 saturated heterocycles. The second-order valence-electron chi connectivity index (χ2n) is 5.81. The maximum absolute atomic E-state index is 15.3. The Bertz CT molecular complexity index is 1140. The number of pyridine rings is 1. The summed E-state index contributed by atoms with van der Waals surface area (Å²) in [6, 6.07) is 9.66. The van der Waals surface area contributed by atoms with Crippen molar-refractivity contribution in [1.82, 2.24) is 19.5 Å². The molecule has 0 atom stereocenters. The molecule has 7 heteroatoms. The third kappa shape index (κ3) is 2.47. The number of hydrogen-bond acceptors (Lipinski definition) is 4. The minimum absolute atomic E-state index is 0.0542. The van der Waals surface area contributed by atoms with Crippen molar-refractivity contribution in [2.24, 2.45) is 0 Å². The van der Waals surface area contributed by atoms with Crippen LogP contribution in [0.15, 0.2) is 36.8 Å². The molecular weight excluding hydrogens is 333 g/mol. The number of H-pyrrole nitrogens is 1.